The zero-order chi connectivity index (χ0) is 49.5. The lowest BCUT2D eigenvalue weighted by Crippen LogP contribution is -2.52. The van der Waals surface area contributed by atoms with Crippen molar-refractivity contribution in [2.75, 3.05) is 39.6 Å². The minimum atomic E-state index is -0.633. The van der Waals surface area contributed by atoms with Crippen LogP contribution < -0.4 is 0 Å². The van der Waals surface area contributed by atoms with Crippen LogP contribution in [0, 0.1) is 11.8 Å². The summed E-state index contributed by atoms with van der Waals surface area (Å²) in [5, 5.41) is 0. The third-order valence-electron chi connectivity index (χ3n) is 13.7. The summed E-state index contributed by atoms with van der Waals surface area (Å²) >= 11 is 0. The fraction of sp³-hybridized carbons (Fsp3) is 0.949. The van der Waals surface area contributed by atoms with Gasteiger partial charge in [0.2, 0.25) is 0 Å². The van der Waals surface area contributed by atoms with E-state index in [2.05, 4.69) is 55.4 Å². The summed E-state index contributed by atoms with van der Waals surface area (Å²) < 4.78 is 24.2. The van der Waals surface area contributed by atoms with Crippen LogP contribution in [0.5, 0.6) is 0 Å². The highest BCUT2D eigenvalue weighted by Crippen LogP contribution is 2.23. The normalized spacial score (nSPS) is 13.1. The Kier molecular flexibility index (Phi) is 46.8. The Balaban J connectivity index is 5.00. The maximum atomic E-state index is 14.2. The van der Waals surface area contributed by atoms with Gasteiger partial charge in [-0.25, -0.2) is 0 Å². The van der Waals surface area contributed by atoms with E-state index < -0.39 is 6.10 Å². The summed E-state index contributed by atoms with van der Waals surface area (Å²) in [6.45, 7) is 20.6. The lowest BCUT2D eigenvalue weighted by atomic mass is 9.94. The van der Waals surface area contributed by atoms with Gasteiger partial charge in [0, 0.05) is 25.3 Å². The number of hydrogen-bond donors (Lipinski definition) is 0. The Morgan fingerprint density at radius 3 is 1.09 bits per heavy atom. The molecule has 0 radical (unpaired) electrons. The van der Waals surface area contributed by atoms with Crippen LogP contribution in [0.1, 0.15) is 299 Å². The highest BCUT2D eigenvalue weighted by molar-refractivity contribution is 5.81. The first-order valence-corrected chi connectivity index (χ1v) is 29.4. The van der Waals surface area contributed by atoms with Gasteiger partial charge in [0.15, 0.2) is 6.10 Å². The van der Waals surface area contributed by atoms with Gasteiger partial charge in [0.1, 0.15) is 0 Å². The average Bonchev–Trinajstić information content (AvgIpc) is 3.31. The molecule has 0 rings (SSSR count). The van der Waals surface area contributed by atoms with Crippen molar-refractivity contribution in [1.29, 1.82) is 0 Å². The lowest BCUT2D eigenvalue weighted by Gasteiger charge is -2.38. The summed E-state index contributed by atoms with van der Waals surface area (Å²) in [4.78, 5) is 42.4. The second kappa shape index (κ2) is 48.0. The van der Waals surface area contributed by atoms with Crippen LogP contribution in [0.15, 0.2) is 0 Å². The highest BCUT2D eigenvalue weighted by Gasteiger charge is 2.32. The number of unbranched alkanes of at least 4 members (excludes halogenated alkanes) is 27. The predicted molar refractivity (Wildman–Crippen MR) is 285 cm³/mol. The molecule has 0 heterocycles. The monoisotopic (exact) mass is 950 g/mol. The average molecular weight is 951 g/mol. The first kappa shape index (κ1) is 65.3. The van der Waals surface area contributed by atoms with E-state index in [0.717, 1.165) is 122 Å². The Hall–Kier alpha value is -1.67. The minimum Gasteiger partial charge on any atom is -0.465 e. The van der Waals surface area contributed by atoms with E-state index in [0.29, 0.717) is 26.4 Å². The number of rotatable bonds is 51. The van der Waals surface area contributed by atoms with Gasteiger partial charge in [-0.3, -0.25) is 14.4 Å². The number of esters is 2. The van der Waals surface area contributed by atoms with E-state index in [9.17, 15) is 14.4 Å². The molecular formula is C59H115NO7. The van der Waals surface area contributed by atoms with Gasteiger partial charge in [-0.1, -0.05) is 208 Å². The molecule has 1 amide bonds. The summed E-state index contributed by atoms with van der Waals surface area (Å²) in [6, 6.07) is 0. The molecule has 0 aromatic heterocycles. The third kappa shape index (κ3) is 39.7. The van der Waals surface area contributed by atoms with E-state index in [1.165, 1.54) is 128 Å². The van der Waals surface area contributed by atoms with Gasteiger partial charge in [0.05, 0.1) is 31.7 Å². The Bertz CT molecular complexity index is 1090. The van der Waals surface area contributed by atoms with Crippen molar-refractivity contribution in [3.8, 4) is 0 Å². The molecule has 67 heavy (non-hydrogen) atoms. The molecule has 0 saturated carbocycles. The van der Waals surface area contributed by atoms with E-state index in [-0.39, 0.29) is 41.8 Å². The molecule has 8 heteroatoms. The second-order valence-electron chi connectivity index (χ2n) is 21.2. The van der Waals surface area contributed by atoms with Gasteiger partial charge < -0.3 is 23.8 Å². The van der Waals surface area contributed by atoms with E-state index in [1.54, 1.807) is 0 Å². The molecule has 0 aliphatic carbocycles. The van der Waals surface area contributed by atoms with Gasteiger partial charge >= 0.3 is 11.9 Å². The van der Waals surface area contributed by atoms with Crippen molar-refractivity contribution in [3.05, 3.63) is 0 Å². The fourth-order valence-electron chi connectivity index (χ4n) is 9.14. The van der Waals surface area contributed by atoms with Crippen LogP contribution in [-0.2, 0) is 33.3 Å². The highest BCUT2D eigenvalue weighted by atomic mass is 16.5. The van der Waals surface area contributed by atoms with Gasteiger partial charge in [-0.2, -0.15) is 0 Å². The Morgan fingerprint density at radius 1 is 0.388 bits per heavy atom. The molecule has 3 unspecified atom stereocenters. The van der Waals surface area contributed by atoms with Crippen molar-refractivity contribution >= 4 is 17.8 Å². The number of ether oxygens (including phenoxy) is 4. The summed E-state index contributed by atoms with van der Waals surface area (Å²) in [7, 11) is 0. The minimum absolute atomic E-state index is 0.00968. The van der Waals surface area contributed by atoms with Gasteiger partial charge in [-0.05, 0) is 91.4 Å². The predicted octanol–water partition coefficient (Wildman–Crippen LogP) is 17.3. The molecule has 0 fully saturated rings. The summed E-state index contributed by atoms with van der Waals surface area (Å²) in [5.74, 6) is 0.144. The molecule has 8 nitrogen and oxygen atoms in total. The maximum Gasteiger partial charge on any atom is 0.308 e. The first-order chi connectivity index (χ1) is 32.6. The molecular weight excluding hydrogens is 835 g/mol. The molecule has 0 N–H and O–H groups in total. The SMILES string of the molecule is CCCCCCCCC(CCCCCC)C(=O)OCCCCCCOCC(OCCCCCCOC(=O)C(CCCCCC)CCCCCCCC)C(=O)N(CCCCCCCC)C(C)(C)C. The molecule has 0 saturated heterocycles. The fourth-order valence-corrected chi connectivity index (χ4v) is 9.14. The van der Waals surface area contributed by atoms with Crippen LogP contribution in [-0.4, -0.2) is 74.0 Å². The summed E-state index contributed by atoms with van der Waals surface area (Å²) in [5.41, 5.74) is -0.310. The Labute approximate surface area is 417 Å². The number of hydrogen-bond acceptors (Lipinski definition) is 7. The van der Waals surface area contributed by atoms with E-state index in [4.69, 9.17) is 18.9 Å². The number of nitrogens with zero attached hydrogens (tertiary/aromatic N) is 1. The van der Waals surface area contributed by atoms with E-state index in [1.807, 2.05) is 4.90 Å². The van der Waals surface area contributed by atoms with Crippen LogP contribution in [0.2, 0.25) is 0 Å². The quantitative estimate of drug-likeness (QED) is 0.0443. The zero-order valence-electron chi connectivity index (χ0n) is 46.1. The van der Waals surface area contributed by atoms with Crippen LogP contribution in [0.4, 0.5) is 0 Å². The van der Waals surface area contributed by atoms with Crippen molar-refractivity contribution in [3.63, 3.8) is 0 Å². The lowest BCUT2D eigenvalue weighted by molar-refractivity contribution is -0.153. The molecule has 0 spiro atoms. The van der Waals surface area contributed by atoms with Crippen LogP contribution in [0.25, 0.3) is 0 Å². The molecule has 3 atom stereocenters. The number of amides is 1. The summed E-state index contributed by atoms with van der Waals surface area (Å²) in [6.07, 6.45) is 42.2. The molecule has 0 aromatic carbocycles. The molecule has 0 bridgehead atoms. The van der Waals surface area contributed by atoms with Gasteiger partial charge in [-0.15, -0.1) is 0 Å². The Morgan fingerprint density at radius 2 is 0.701 bits per heavy atom. The van der Waals surface area contributed by atoms with Crippen molar-refractivity contribution < 1.29 is 33.3 Å². The van der Waals surface area contributed by atoms with Crippen LogP contribution in [0.3, 0.4) is 0 Å². The second-order valence-corrected chi connectivity index (χ2v) is 21.2. The van der Waals surface area contributed by atoms with Gasteiger partial charge in [0.25, 0.3) is 5.91 Å². The molecule has 0 aromatic rings. The smallest absolute Gasteiger partial charge is 0.308 e. The van der Waals surface area contributed by atoms with Crippen LogP contribution >= 0.6 is 0 Å². The molecule has 0 aliphatic rings. The topological polar surface area (TPSA) is 91.4 Å². The third-order valence-corrected chi connectivity index (χ3v) is 13.7. The number of carbonyl (C=O) groups is 3. The maximum absolute atomic E-state index is 14.2. The molecule has 398 valence electrons. The van der Waals surface area contributed by atoms with Crippen molar-refractivity contribution in [1.82, 2.24) is 4.90 Å². The van der Waals surface area contributed by atoms with Crippen molar-refractivity contribution in [2.45, 2.75) is 311 Å². The molecule has 0 aliphatic heterocycles. The van der Waals surface area contributed by atoms with E-state index >= 15 is 0 Å². The number of carbonyl (C=O) groups excluding carboxylic acids is 3. The largest absolute Gasteiger partial charge is 0.465 e. The van der Waals surface area contributed by atoms with Crippen molar-refractivity contribution in [2.24, 2.45) is 11.8 Å². The first-order valence-electron chi connectivity index (χ1n) is 29.4. The zero-order valence-corrected chi connectivity index (χ0v) is 46.1. The standard InChI is InChI=1S/C59H115NO7/c1-9-14-19-24-27-36-45-53(43-34-22-17-12-4)57(62)66-50-41-31-30-39-48-64-52-55(56(61)60(59(6,7)8)47-38-29-26-21-16-11-3)65-49-40-32-33-42-51-67-58(63)54(44-35-23-18-13-5)46-37-28-25-20-15-10-2/h53-55H,9-52H2,1-8H3.